The number of carbonyl (C=O) groups is 1. The van der Waals surface area contributed by atoms with E-state index in [9.17, 15) is 13.8 Å². The molecule has 1 aromatic carbocycles. The van der Waals surface area contributed by atoms with Crippen LogP contribution in [-0.2, 0) is 15.0 Å². The third-order valence-electron chi connectivity index (χ3n) is 3.46. The van der Waals surface area contributed by atoms with Gasteiger partial charge in [-0.05, 0) is 44.0 Å². The van der Waals surface area contributed by atoms with Gasteiger partial charge in [-0.1, -0.05) is 25.0 Å². The number of carbonyl (C=O) groups excluding carboxylic acids is 1. The summed E-state index contributed by atoms with van der Waals surface area (Å²) in [6, 6.07) is 4.91. The fourth-order valence-electron chi connectivity index (χ4n) is 2.09. The van der Waals surface area contributed by atoms with E-state index >= 15 is 0 Å². The molecule has 0 saturated carbocycles. The summed E-state index contributed by atoms with van der Waals surface area (Å²) in [5, 5.41) is 2.55. The van der Waals surface area contributed by atoms with Gasteiger partial charge < -0.3 is 15.6 Å². The highest BCUT2D eigenvalue weighted by Gasteiger charge is 2.34. The zero-order valence-corrected chi connectivity index (χ0v) is 14.5. The molecule has 24 heavy (non-hydrogen) atoms. The van der Waals surface area contributed by atoms with Crippen LogP contribution in [0.15, 0.2) is 24.3 Å². The summed E-state index contributed by atoms with van der Waals surface area (Å²) in [4.78, 5) is 29.4. The van der Waals surface area contributed by atoms with E-state index < -0.39 is 19.4 Å². The zero-order chi connectivity index (χ0) is 18.2. The Morgan fingerprint density at radius 3 is 2.38 bits per heavy atom. The Hall–Kier alpha value is -1.47. The molecule has 0 bridgehead atoms. The molecule has 5 N–H and O–H groups in total. The lowest BCUT2D eigenvalue weighted by molar-refractivity contribution is -0.132. The Bertz CT molecular complexity index is 574. The van der Waals surface area contributed by atoms with Crippen LogP contribution in [-0.4, -0.2) is 28.8 Å². The fraction of sp³-hybridized carbons (Fsp3) is 0.533. The minimum atomic E-state index is -4.67. The number of rotatable bonds is 10. The normalized spacial score (nSPS) is 14.0. The minimum Gasteiger partial charge on any atom is -0.404 e. The Morgan fingerprint density at radius 2 is 1.83 bits per heavy atom. The Kier molecular flexibility index (Phi) is 7.83. The first-order valence-corrected chi connectivity index (χ1v) is 9.23. The predicted octanol–water partition coefficient (Wildman–Crippen LogP) is 1.98. The van der Waals surface area contributed by atoms with E-state index in [4.69, 9.17) is 15.5 Å². The van der Waals surface area contributed by atoms with Gasteiger partial charge in [-0.2, -0.15) is 0 Å². The number of halogens is 1. The topological polar surface area (TPSA) is 122 Å². The molecule has 7 nitrogen and oxygen atoms in total. The molecule has 1 unspecified atom stereocenters. The van der Waals surface area contributed by atoms with Crippen molar-refractivity contribution in [1.29, 1.82) is 0 Å². The molecule has 0 fully saturated rings. The number of alkyl halides is 1. The van der Waals surface area contributed by atoms with Crippen LogP contribution in [0, 0.1) is 0 Å². The molecular weight excluding hydrogens is 338 g/mol. The molecule has 1 amide bonds. The van der Waals surface area contributed by atoms with Crippen molar-refractivity contribution in [1.82, 2.24) is 5.32 Å². The van der Waals surface area contributed by atoms with E-state index in [0.29, 0.717) is 13.1 Å². The van der Waals surface area contributed by atoms with Gasteiger partial charge >= 0.3 is 7.82 Å². The van der Waals surface area contributed by atoms with Crippen molar-refractivity contribution in [2.75, 3.05) is 13.1 Å². The maximum absolute atomic E-state index is 14.7. The quantitative estimate of drug-likeness (QED) is 0.373. The molecule has 0 aliphatic heterocycles. The van der Waals surface area contributed by atoms with Crippen LogP contribution in [0.2, 0.25) is 0 Å². The Morgan fingerprint density at radius 1 is 1.25 bits per heavy atom. The van der Waals surface area contributed by atoms with E-state index in [2.05, 4.69) is 9.84 Å². The third kappa shape index (κ3) is 6.97. The summed E-state index contributed by atoms with van der Waals surface area (Å²) in [6.45, 7) is 2.15. The minimum absolute atomic E-state index is 0.0705. The maximum atomic E-state index is 14.7. The van der Waals surface area contributed by atoms with Gasteiger partial charge in [-0.3, -0.25) is 14.6 Å². The van der Waals surface area contributed by atoms with Gasteiger partial charge in [-0.25, -0.2) is 8.96 Å². The second kappa shape index (κ2) is 9.13. The van der Waals surface area contributed by atoms with Crippen LogP contribution in [0.4, 0.5) is 4.39 Å². The van der Waals surface area contributed by atoms with Gasteiger partial charge in [0.25, 0.3) is 5.91 Å². The number of hydrogen-bond acceptors (Lipinski definition) is 4. The van der Waals surface area contributed by atoms with Gasteiger partial charge in [-0.15, -0.1) is 0 Å². The van der Waals surface area contributed by atoms with Crippen molar-refractivity contribution in [3.63, 3.8) is 0 Å². The van der Waals surface area contributed by atoms with Crippen LogP contribution >= 0.6 is 7.82 Å². The van der Waals surface area contributed by atoms with E-state index in [1.165, 1.54) is 24.3 Å². The van der Waals surface area contributed by atoms with Crippen LogP contribution in [0.25, 0.3) is 0 Å². The second-order valence-corrected chi connectivity index (χ2v) is 6.73. The molecule has 0 heterocycles. The van der Waals surface area contributed by atoms with Gasteiger partial charge in [0, 0.05) is 6.54 Å². The first-order chi connectivity index (χ1) is 11.2. The molecule has 9 heteroatoms. The molecule has 0 aromatic heterocycles. The standard InChI is InChI=1S/C15H24FN2O5P/c1-15(16,14(19)18-11-5-3-2-4-10-17)12-6-8-13(9-7-12)23-24(20,21)22/h6-9H,2-5,10-11,17H2,1H3,(H,18,19)(H2,20,21,22). The largest absolute Gasteiger partial charge is 0.524 e. The van der Waals surface area contributed by atoms with E-state index in [1.54, 1.807) is 0 Å². The lowest BCUT2D eigenvalue weighted by Gasteiger charge is -2.20. The number of nitrogens with two attached hydrogens (primary N) is 1. The van der Waals surface area contributed by atoms with Crippen LogP contribution in [0.1, 0.15) is 38.2 Å². The number of benzene rings is 1. The summed E-state index contributed by atoms with van der Waals surface area (Å²) >= 11 is 0. The van der Waals surface area contributed by atoms with E-state index in [-0.39, 0.29) is 11.3 Å². The number of amides is 1. The molecule has 0 spiro atoms. The molecular formula is C15H24FN2O5P. The number of phosphoric acid groups is 1. The average Bonchev–Trinajstić information content (AvgIpc) is 2.49. The van der Waals surface area contributed by atoms with Crippen molar-refractivity contribution in [2.45, 2.75) is 38.3 Å². The lowest BCUT2D eigenvalue weighted by Crippen LogP contribution is -2.39. The van der Waals surface area contributed by atoms with Gasteiger partial charge in [0.05, 0.1) is 0 Å². The van der Waals surface area contributed by atoms with Crippen molar-refractivity contribution >= 4 is 13.7 Å². The summed E-state index contributed by atoms with van der Waals surface area (Å²) in [5.74, 6) is -0.867. The summed E-state index contributed by atoms with van der Waals surface area (Å²) in [6.07, 6.45) is 3.56. The van der Waals surface area contributed by atoms with Gasteiger partial charge in [0.2, 0.25) is 5.67 Å². The van der Waals surface area contributed by atoms with Crippen LogP contribution < -0.4 is 15.6 Å². The summed E-state index contributed by atoms with van der Waals surface area (Å²) in [7, 11) is -4.67. The monoisotopic (exact) mass is 362 g/mol. The molecule has 0 saturated heterocycles. The zero-order valence-electron chi connectivity index (χ0n) is 13.6. The molecule has 1 atom stereocenters. The highest BCUT2D eigenvalue weighted by Crippen LogP contribution is 2.38. The van der Waals surface area contributed by atoms with Gasteiger partial charge in [0.15, 0.2) is 0 Å². The molecule has 1 aromatic rings. The summed E-state index contributed by atoms with van der Waals surface area (Å²) in [5.41, 5.74) is 3.20. The molecule has 0 aliphatic carbocycles. The van der Waals surface area contributed by atoms with Crippen LogP contribution in [0.3, 0.4) is 0 Å². The maximum Gasteiger partial charge on any atom is 0.524 e. The summed E-state index contributed by atoms with van der Waals surface area (Å²) < 4.78 is 29.8. The Balaban J connectivity index is 2.57. The average molecular weight is 362 g/mol. The molecule has 1 rings (SSSR count). The number of phosphoric ester groups is 1. The first-order valence-electron chi connectivity index (χ1n) is 7.70. The van der Waals surface area contributed by atoms with Crippen molar-refractivity contribution < 1.29 is 28.1 Å². The molecule has 0 radical (unpaired) electrons. The smallest absolute Gasteiger partial charge is 0.404 e. The first kappa shape index (κ1) is 20.6. The Labute approximate surface area is 140 Å². The van der Waals surface area contributed by atoms with Crippen molar-refractivity contribution in [3.8, 4) is 5.75 Å². The van der Waals surface area contributed by atoms with Crippen molar-refractivity contribution in [2.24, 2.45) is 5.73 Å². The lowest BCUT2D eigenvalue weighted by atomic mass is 9.97. The third-order valence-corrected chi connectivity index (χ3v) is 3.91. The fourth-order valence-corrected chi connectivity index (χ4v) is 2.48. The second-order valence-electron chi connectivity index (χ2n) is 5.57. The highest BCUT2D eigenvalue weighted by atomic mass is 31.2. The number of nitrogens with one attached hydrogen (secondary N) is 1. The van der Waals surface area contributed by atoms with Gasteiger partial charge in [0.1, 0.15) is 5.75 Å². The highest BCUT2D eigenvalue weighted by molar-refractivity contribution is 7.46. The van der Waals surface area contributed by atoms with E-state index in [0.717, 1.165) is 32.6 Å². The SMILES string of the molecule is CC(F)(C(=O)NCCCCCCN)c1ccc(OP(=O)(O)O)cc1. The van der Waals surface area contributed by atoms with Crippen molar-refractivity contribution in [3.05, 3.63) is 29.8 Å². The van der Waals surface area contributed by atoms with Crippen LogP contribution in [0.5, 0.6) is 5.75 Å². The van der Waals surface area contributed by atoms with E-state index in [1.807, 2.05) is 0 Å². The molecule has 136 valence electrons. The number of hydrogen-bond donors (Lipinski definition) is 4. The molecule has 0 aliphatic rings. The number of unbranched alkanes of at least 4 members (excludes halogenated alkanes) is 3. The predicted molar refractivity (Wildman–Crippen MR) is 88.1 cm³/mol.